The topological polar surface area (TPSA) is 15.3 Å². The zero-order chi connectivity index (χ0) is 14.4. The van der Waals surface area contributed by atoms with Crippen LogP contribution in [0, 0.1) is 5.92 Å². The van der Waals surface area contributed by atoms with Crippen LogP contribution in [0.4, 0.5) is 4.39 Å². The molecule has 2 rings (SSSR count). The van der Waals surface area contributed by atoms with Gasteiger partial charge in [0, 0.05) is 31.2 Å². The Hall–Kier alpha value is -0.150. The van der Waals surface area contributed by atoms with Crippen molar-refractivity contribution in [3.63, 3.8) is 0 Å². The lowest BCUT2D eigenvalue weighted by molar-refractivity contribution is 0.0127. The van der Waals surface area contributed by atoms with Gasteiger partial charge >= 0.3 is 0 Å². The third-order valence-electron chi connectivity index (χ3n) is 5.88. The summed E-state index contributed by atoms with van der Waals surface area (Å²) >= 11 is 0. The molecule has 1 aliphatic carbocycles. The summed E-state index contributed by atoms with van der Waals surface area (Å²) in [7, 11) is 0. The van der Waals surface area contributed by atoms with Crippen molar-refractivity contribution in [2.24, 2.45) is 5.92 Å². The van der Waals surface area contributed by atoms with Crippen molar-refractivity contribution in [1.29, 1.82) is 0 Å². The first-order valence-electron chi connectivity index (χ1n) is 8.80. The third kappa shape index (κ3) is 3.54. The number of hydrogen-bond donors (Lipinski definition) is 1. The maximum absolute atomic E-state index is 12.6. The first kappa shape index (κ1) is 16.2. The van der Waals surface area contributed by atoms with E-state index in [0.717, 1.165) is 25.6 Å². The molecule has 0 spiro atoms. The summed E-state index contributed by atoms with van der Waals surface area (Å²) < 4.78 is 12.6. The molecular formula is C17H33FN2. The fraction of sp³-hybridized carbons (Fsp3) is 1.00. The first-order chi connectivity index (χ1) is 9.75. The summed E-state index contributed by atoms with van der Waals surface area (Å²) in [5.41, 5.74) is 0.264. The average molecular weight is 284 g/mol. The second kappa shape index (κ2) is 7.74. The van der Waals surface area contributed by atoms with Crippen molar-refractivity contribution in [1.82, 2.24) is 10.2 Å². The highest BCUT2D eigenvalue weighted by Gasteiger charge is 2.40. The van der Waals surface area contributed by atoms with Crippen LogP contribution in [0.25, 0.3) is 0 Å². The van der Waals surface area contributed by atoms with Crippen LogP contribution in [-0.4, -0.2) is 42.8 Å². The van der Waals surface area contributed by atoms with Gasteiger partial charge in [-0.1, -0.05) is 33.1 Å². The van der Waals surface area contributed by atoms with E-state index in [1.54, 1.807) is 0 Å². The smallest absolute Gasteiger partial charge is 0.0906 e. The second-order valence-corrected chi connectivity index (χ2v) is 6.81. The normalized spacial score (nSPS) is 28.6. The minimum absolute atomic E-state index is 0.179. The molecule has 0 bridgehead atoms. The highest BCUT2D eigenvalue weighted by atomic mass is 19.1. The Labute approximate surface area is 124 Å². The van der Waals surface area contributed by atoms with Gasteiger partial charge in [0.25, 0.3) is 0 Å². The Balaban J connectivity index is 2.00. The van der Waals surface area contributed by atoms with Gasteiger partial charge in [0.2, 0.25) is 0 Å². The Morgan fingerprint density at radius 3 is 2.45 bits per heavy atom. The monoisotopic (exact) mass is 284 g/mol. The van der Waals surface area contributed by atoms with E-state index in [9.17, 15) is 4.39 Å². The van der Waals surface area contributed by atoms with Gasteiger partial charge in [-0.3, -0.25) is 9.29 Å². The van der Waals surface area contributed by atoms with E-state index in [0.29, 0.717) is 12.5 Å². The summed E-state index contributed by atoms with van der Waals surface area (Å²) in [5, 5.41) is 3.85. The molecule has 1 saturated carbocycles. The molecule has 1 aliphatic heterocycles. The fourth-order valence-corrected chi connectivity index (χ4v) is 4.31. The molecule has 0 radical (unpaired) electrons. The number of rotatable bonds is 6. The average Bonchev–Trinajstić information content (AvgIpc) is 2.53. The standard InChI is InChI=1S/C17H33FN2/c1-3-17(4-2)14-19-16(13-20(17)12-8-11-18)15-9-6-5-7-10-15/h15-16,19H,3-14H2,1-2H3. The van der Waals surface area contributed by atoms with Gasteiger partial charge < -0.3 is 5.32 Å². The largest absolute Gasteiger partial charge is 0.311 e. The number of halogens is 1. The maximum Gasteiger partial charge on any atom is 0.0906 e. The summed E-state index contributed by atoms with van der Waals surface area (Å²) in [4.78, 5) is 2.61. The van der Waals surface area contributed by atoms with Crippen molar-refractivity contribution in [2.45, 2.75) is 76.8 Å². The number of alkyl halides is 1. The van der Waals surface area contributed by atoms with E-state index >= 15 is 0 Å². The summed E-state index contributed by atoms with van der Waals surface area (Å²) in [6.07, 6.45) is 10.0. The highest BCUT2D eigenvalue weighted by Crippen LogP contribution is 2.33. The molecule has 3 heteroatoms. The summed E-state index contributed by atoms with van der Waals surface area (Å²) in [6.45, 7) is 7.55. The van der Waals surface area contributed by atoms with E-state index in [1.807, 2.05) is 0 Å². The molecule has 2 nitrogen and oxygen atoms in total. The van der Waals surface area contributed by atoms with Crippen molar-refractivity contribution < 1.29 is 4.39 Å². The van der Waals surface area contributed by atoms with Gasteiger partial charge in [0.15, 0.2) is 0 Å². The maximum atomic E-state index is 12.6. The van der Waals surface area contributed by atoms with E-state index in [1.165, 1.54) is 44.9 Å². The molecule has 0 amide bonds. The van der Waals surface area contributed by atoms with Crippen molar-refractivity contribution >= 4 is 0 Å². The molecule has 1 heterocycles. The molecule has 1 N–H and O–H groups in total. The van der Waals surface area contributed by atoms with E-state index in [-0.39, 0.29) is 12.2 Å². The molecule has 0 aromatic heterocycles. The molecule has 1 atom stereocenters. The van der Waals surface area contributed by atoms with E-state index < -0.39 is 0 Å². The predicted molar refractivity (Wildman–Crippen MR) is 83.8 cm³/mol. The van der Waals surface area contributed by atoms with Gasteiger partial charge in [0.1, 0.15) is 0 Å². The summed E-state index contributed by atoms with van der Waals surface area (Å²) in [6, 6.07) is 0.640. The lowest BCUT2D eigenvalue weighted by atomic mass is 9.79. The third-order valence-corrected chi connectivity index (χ3v) is 5.88. The van der Waals surface area contributed by atoms with Crippen LogP contribution in [0.1, 0.15) is 65.2 Å². The second-order valence-electron chi connectivity index (χ2n) is 6.81. The van der Waals surface area contributed by atoms with E-state index in [4.69, 9.17) is 0 Å². The van der Waals surface area contributed by atoms with Crippen LogP contribution < -0.4 is 5.32 Å². The Bertz CT molecular complexity index is 272. The summed E-state index contributed by atoms with van der Waals surface area (Å²) in [5.74, 6) is 0.850. The van der Waals surface area contributed by atoms with Crippen LogP contribution in [-0.2, 0) is 0 Å². The van der Waals surface area contributed by atoms with Gasteiger partial charge in [-0.25, -0.2) is 0 Å². The zero-order valence-corrected chi connectivity index (χ0v) is 13.5. The van der Waals surface area contributed by atoms with Crippen molar-refractivity contribution in [3.8, 4) is 0 Å². The molecule has 1 unspecified atom stereocenters. The Kier molecular flexibility index (Phi) is 6.28. The van der Waals surface area contributed by atoms with Gasteiger partial charge in [-0.2, -0.15) is 0 Å². The Morgan fingerprint density at radius 1 is 1.15 bits per heavy atom. The number of nitrogens with zero attached hydrogens (tertiary/aromatic N) is 1. The molecule has 118 valence electrons. The predicted octanol–water partition coefficient (Wildman–Crippen LogP) is 3.76. The number of hydrogen-bond acceptors (Lipinski definition) is 2. The lowest BCUT2D eigenvalue weighted by Crippen LogP contribution is -2.65. The number of piperazine rings is 1. The van der Waals surface area contributed by atoms with Gasteiger partial charge in [-0.05, 0) is 38.0 Å². The molecule has 2 aliphatic rings. The Morgan fingerprint density at radius 2 is 1.85 bits per heavy atom. The van der Waals surface area contributed by atoms with Crippen LogP contribution in [0.5, 0.6) is 0 Å². The molecular weight excluding hydrogens is 251 g/mol. The molecule has 0 aromatic carbocycles. The van der Waals surface area contributed by atoms with Crippen LogP contribution >= 0.6 is 0 Å². The van der Waals surface area contributed by atoms with Crippen molar-refractivity contribution in [3.05, 3.63) is 0 Å². The van der Waals surface area contributed by atoms with Crippen LogP contribution in [0.2, 0.25) is 0 Å². The molecule has 2 fully saturated rings. The van der Waals surface area contributed by atoms with Crippen LogP contribution in [0.3, 0.4) is 0 Å². The van der Waals surface area contributed by atoms with Gasteiger partial charge in [-0.15, -0.1) is 0 Å². The quantitative estimate of drug-likeness (QED) is 0.799. The minimum atomic E-state index is -0.179. The molecule has 0 aromatic rings. The van der Waals surface area contributed by atoms with E-state index in [2.05, 4.69) is 24.1 Å². The molecule has 20 heavy (non-hydrogen) atoms. The van der Waals surface area contributed by atoms with Crippen molar-refractivity contribution in [2.75, 3.05) is 26.3 Å². The van der Waals surface area contributed by atoms with Gasteiger partial charge in [0.05, 0.1) is 6.67 Å². The zero-order valence-electron chi connectivity index (χ0n) is 13.5. The minimum Gasteiger partial charge on any atom is -0.311 e. The van der Waals surface area contributed by atoms with Crippen LogP contribution in [0.15, 0.2) is 0 Å². The molecule has 1 saturated heterocycles. The SMILES string of the molecule is CCC1(CC)CNC(C2CCCCC2)CN1CCCF. The first-order valence-corrected chi connectivity index (χ1v) is 8.80. The highest BCUT2D eigenvalue weighted by molar-refractivity contribution is 4.99. The lowest BCUT2D eigenvalue weighted by Gasteiger charge is -2.51. The fourth-order valence-electron chi connectivity index (χ4n) is 4.31. The number of nitrogens with one attached hydrogen (secondary N) is 1.